The number of carbonyl (C=O) groups is 2. The topological polar surface area (TPSA) is 78.7 Å². The average molecular weight is 306 g/mol. The molecule has 0 aliphatic carbocycles. The van der Waals surface area contributed by atoms with Crippen LogP contribution in [-0.2, 0) is 11.3 Å². The largest absolute Gasteiger partial charge is 0.444 e. The van der Waals surface area contributed by atoms with Gasteiger partial charge in [0.2, 0.25) is 5.89 Å². The number of nitrogens with one attached hydrogen (secondary N) is 1. The van der Waals surface area contributed by atoms with Crippen LogP contribution in [0.3, 0.4) is 0 Å². The summed E-state index contributed by atoms with van der Waals surface area (Å²) in [6.07, 6.45) is 0.624. The van der Waals surface area contributed by atoms with E-state index in [2.05, 4.69) is 15.2 Å². The zero-order valence-electron chi connectivity index (χ0n) is 13.5. The first-order valence-corrected chi connectivity index (χ1v) is 7.63. The molecule has 7 nitrogen and oxygen atoms in total. The van der Waals surface area contributed by atoms with Gasteiger partial charge in [-0.15, -0.1) is 0 Å². The van der Waals surface area contributed by atoms with E-state index in [1.807, 2.05) is 27.7 Å². The van der Waals surface area contributed by atoms with E-state index in [0.717, 1.165) is 18.0 Å². The van der Waals surface area contributed by atoms with Gasteiger partial charge in [-0.1, -0.05) is 0 Å². The van der Waals surface area contributed by atoms with Gasteiger partial charge in [-0.05, 0) is 34.1 Å². The van der Waals surface area contributed by atoms with Crippen molar-refractivity contribution in [3.8, 4) is 0 Å². The SMILES string of the molecule is Cc1nc(CN2CC[C@@]3(C2)NC(=O)N(C(C)C)C3=O)oc1C. The summed E-state index contributed by atoms with van der Waals surface area (Å²) in [6.45, 7) is 9.29. The van der Waals surface area contributed by atoms with Crippen LogP contribution in [0.25, 0.3) is 0 Å². The number of oxazole rings is 1. The van der Waals surface area contributed by atoms with Crippen LogP contribution in [0.5, 0.6) is 0 Å². The van der Waals surface area contributed by atoms with Crippen LogP contribution in [0.15, 0.2) is 4.42 Å². The normalized spacial score (nSPS) is 25.8. The summed E-state index contributed by atoms with van der Waals surface area (Å²) in [5.41, 5.74) is 0.109. The van der Waals surface area contributed by atoms with Crippen LogP contribution in [0, 0.1) is 13.8 Å². The van der Waals surface area contributed by atoms with Crippen LogP contribution < -0.4 is 5.32 Å². The Kier molecular flexibility index (Phi) is 3.47. The van der Waals surface area contributed by atoms with Gasteiger partial charge in [-0.3, -0.25) is 14.6 Å². The molecule has 2 aliphatic rings. The molecule has 0 radical (unpaired) electrons. The predicted octanol–water partition coefficient (Wildman–Crippen LogP) is 1.20. The van der Waals surface area contributed by atoms with Crippen LogP contribution in [0.2, 0.25) is 0 Å². The number of hydrogen-bond acceptors (Lipinski definition) is 5. The van der Waals surface area contributed by atoms with E-state index in [1.165, 1.54) is 4.90 Å². The lowest BCUT2D eigenvalue weighted by Gasteiger charge is -2.22. The highest BCUT2D eigenvalue weighted by atomic mass is 16.4. The van der Waals surface area contributed by atoms with Gasteiger partial charge in [0.1, 0.15) is 11.3 Å². The second-order valence-corrected chi connectivity index (χ2v) is 6.49. The smallest absolute Gasteiger partial charge is 0.325 e. The van der Waals surface area contributed by atoms with E-state index in [4.69, 9.17) is 4.42 Å². The van der Waals surface area contributed by atoms with Gasteiger partial charge in [-0.2, -0.15) is 0 Å². The van der Waals surface area contributed by atoms with Crippen molar-refractivity contribution in [1.29, 1.82) is 0 Å². The molecule has 120 valence electrons. The quantitative estimate of drug-likeness (QED) is 0.849. The zero-order valence-corrected chi connectivity index (χ0v) is 13.5. The molecule has 3 amide bonds. The van der Waals surface area contributed by atoms with E-state index in [1.54, 1.807) is 0 Å². The molecule has 0 aromatic carbocycles. The summed E-state index contributed by atoms with van der Waals surface area (Å²) >= 11 is 0. The zero-order chi connectivity index (χ0) is 16.1. The molecule has 1 aromatic rings. The van der Waals surface area contributed by atoms with E-state index in [-0.39, 0.29) is 18.0 Å². The van der Waals surface area contributed by atoms with Gasteiger partial charge in [0.05, 0.1) is 12.2 Å². The van der Waals surface area contributed by atoms with Crippen LogP contribution in [-0.4, -0.2) is 51.4 Å². The molecule has 1 spiro atoms. The molecule has 3 heterocycles. The second-order valence-electron chi connectivity index (χ2n) is 6.49. The van der Waals surface area contributed by atoms with E-state index < -0.39 is 5.54 Å². The van der Waals surface area contributed by atoms with Gasteiger partial charge in [0.15, 0.2) is 0 Å². The number of carbonyl (C=O) groups excluding carboxylic acids is 2. The van der Waals surface area contributed by atoms with Crippen molar-refractivity contribution < 1.29 is 14.0 Å². The summed E-state index contributed by atoms with van der Waals surface area (Å²) in [6, 6.07) is -0.414. The fourth-order valence-corrected chi connectivity index (χ4v) is 3.21. The Labute approximate surface area is 129 Å². The summed E-state index contributed by atoms with van der Waals surface area (Å²) < 4.78 is 5.60. The average Bonchev–Trinajstić information content (AvgIpc) is 3.01. The molecule has 2 aliphatic heterocycles. The number of rotatable bonds is 3. The highest BCUT2D eigenvalue weighted by Crippen LogP contribution is 2.30. The molecule has 0 bridgehead atoms. The third-order valence-corrected chi connectivity index (χ3v) is 4.49. The highest BCUT2D eigenvalue weighted by molar-refractivity contribution is 6.07. The molecule has 0 saturated carbocycles. The van der Waals surface area contributed by atoms with Crippen LogP contribution in [0.4, 0.5) is 4.79 Å². The number of amides is 3. The maximum atomic E-state index is 12.6. The first-order valence-electron chi connectivity index (χ1n) is 7.63. The van der Waals surface area contributed by atoms with Gasteiger partial charge in [-0.25, -0.2) is 9.78 Å². The van der Waals surface area contributed by atoms with Crippen molar-refractivity contribution in [3.63, 3.8) is 0 Å². The monoisotopic (exact) mass is 306 g/mol. The summed E-state index contributed by atoms with van der Waals surface area (Å²) in [5.74, 6) is 1.36. The Hall–Kier alpha value is -1.89. The number of hydrogen-bond donors (Lipinski definition) is 1. The highest BCUT2D eigenvalue weighted by Gasteiger charge is 2.55. The molecule has 2 fully saturated rings. The van der Waals surface area contributed by atoms with Gasteiger partial charge < -0.3 is 9.73 Å². The van der Waals surface area contributed by atoms with Crippen molar-refractivity contribution >= 4 is 11.9 Å². The number of aromatic nitrogens is 1. The van der Waals surface area contributed by atoms with Gasteiger partial charge in [0.25, 0.3) is 5.91 Å². The minimum atomic E-state index is -0.780. The first kappa shape index (κ1) is 15.0. The summed E-state index contributed by atoms with van der Waals surface area (Å²) in [7, 11) is 0. The number of likely N-dealkylation sites (tertiary alicyclic amines) is 1. The Morgan fingerprint density at radius 2 is 2.09 bits per heavy atom. The lowest BCUT2D eigenvalue weighted by Crippen LogP contribution is -2.49. The number of aryl methyl sites for hydroxylation is 2. The summed E-state index contributed by atoms with van der Waals surface area (Å²) in [5, 5.41) is 2.89. The van der Waals surface area contributed by atoms with Crippen molar-refractivity contribution in [2.45, 2.75) is 52.2 Å². The first-order chi connectivity index (χ1) is 10.3. The molecule has 22 heavy (non-hydrogen) atoms. The molecule has 7 heteroatoms. The molecule has 1 atom stereocenters. The Balaban J connectivity index is 1.72. The minimum Gasteiger partial charge on any atom is -0.444 e. The summed E-state index contributed by atoms with van der Waals surface area (Å²) in [4.78, 5) is 32.5. The van der Waals surface area contributed by atoms with Crippen molar-refractivity contribution in [3.05, 3.63) is 17.3 Å². The Bertz CT molecular complexity index is 605. The third kappa shape index (κ3) is 2.29. The Morgan fingerprint density at radius 3 is 2.64 bits per heavy atom. The fraction of sp³-hybridized carbons (Fsp3) is 0.667. The van der Waals surface area contributed by atoms with Gasteiger partial charge >= 0.3 is 6.03 Å². The van der Waals surface area contributed by atoms with E-state index >= 15 is 0 Å². The Morgan fingerprint density at radius 1 is 1.36 bits per heavy atom. The standard InChI is InChI=1S/C15H22N4O3/c1-9(2)19-13(20)15(17-14(19)21)5-6-18(8-15)7-12-16-10(3)11(4)22-12/h9H,5-8H2,1-4H3,(H,17,21)/t15-/m0/s1. The van der Waals surface area contributed by atoms with Crippen molar-refractivity contribution in [2.75, 3.05) is 13.1 Å². The number of imide groups is 1. The van der Waals surface area contributed by atoms with E-state index in [9.17, 15) is 9.59 Å². The molecular weight excluding hydrogens is 284 g/mol. The minimum absolute atomic E-state index is 0.116. The van der Waals surface area contributed by atoms with Crippen LogP contribution in [0.1, 0.15) is 37.6 Å². The molecule has 3 rings (SSSR count). The van der Waals surface area contributed by atoms with Gasteiger partial charge in [0, 0.05) is 19.1 Å². The maximum Gasteiger partial charge on any atom is 0.325 e. The van der Waals surface area contributed by atoms with Crippen LogP contribution >= 0.6 is 0 Å². The van der Waals surface area contributed by atoms with Crippen molar-refractivity contribution in [1.82, 2.24) is 20.1 Å². The third-order valence-electron chi connectivity index (χ3n) is 4.49. The molecular formula is C15H22N4O3. The lowest BCUT2D eigenvalue weighted by atomic mass is 9.99. The molecule has 1 aromatic heterocycles. The molecule has 2 saturated heterocycles. The number of nitrogens with zero attached hydrogens (tertiary/aromatic N) is 3. The predicted molar refractivity (Wildman–Crippen MR) is 79.1 cm³/mol. The maximum absolute atomic E-state index is 12.6. The van der Waals surface area contributed by atoms with Crippen molar-refractivity contribution in [2.24, 2.45) is 0 Å². The lowest BCUT2D eigenvalue weighted by molar-refractivity contribution is -0.132. The second kappa shape index (κ2) is 5.08. The fourth-order valence-electron chi connectivity index (χ4n) is 3.21. The molecule has 0 unspecified atom stereocenters. The van der Waals surface area contributed by atoms with E-state index in [0.29, 0.717) is 25.4 Å². The molecule has 1 N–H and O–H groups in total. The number of urea groups is 1.